The lowest BCUT2D eigenvalue weighted by Gasteiger charge is -2.24. The van der Waals surface area contributed by atoms with Gasteiger partial charge in [-0.05, 0) is 85.7 Å². The van der Waals surface area contributed by atoms with E-state index in [4.69, 9.17) is 4.74 Å². The van der Waals surface area contributed by atoms with E-state index in [1.54, 1.807) is 6.21 Å². The standard InChI is InChI=1S/C27H35N3O/c1-5-17-30(18-6-2)26-13-11-25(12-14-26)29-22(4)28-16-15-21(3)24-10-9-23-8-7-19-31-27(23)20-24/h9-16,20,29H,4-8,17-19H2,1-3H3/b21-15+,28-16-. The summed E-state index contributed by atoms with van der Waals surface area (Å²) in [5.74, 6) is 1.63. The van der Waals surface area contributed by atoms with E-state index in [0.29, 0.717) is 5.82 Å². The molecule has 0 bridgehead atoms. The molecular weight excluding hydrogens is 382 g/mol. The highest BCUT2D eigenvalue weighted by molar-refractivity contribution is 5.84. The van der Waals surface area contributed by atoms with Crippen molar-refractivity contribution >= 4 is 23.2 Å². The zero-order valence-electron chi connectivity index (χ0n) is 19.2. The smallest absolute Gasteiger partial charge is 0.123 e. The Morgan fingerprint density at radius 2 is 1.87 bits per heavy atom. The first kappa shape index (κ1) is 22.7. The average Bonchev–Trinajstić information content (AvgIpc) is 2.79. The Morgan fingerprint density at radius 3 is 2.58 bits per heavy atom. The summed E-state index contributed by atoms with van der Waals surface area (Å²) < 4.78 is 5.79. The van der Waals surface area contributed by atoms with Crippen LogP contribution in [0.2, 0.25) is 0 Å². The third-order valence-electron chi connectivity index (χ3n) is 5.43. The highest BCUT2D eigenvalue weighted by Crippen LogP contribution is 2.28. The monoisotopic (exact) mass is 417 g/mol. The van der Waals surface area contributed by atoms with Gasteiger partial charge < -0.3 is 15.0 Å². The number of aryl methyl sites for hydroxylation is 1. The Morgan fingerprint density at radius 1 is 1.13 bits per heavy atom. The lowest BCUT2D eigenvalue weighted by atomic mass is 10.0. The molecule has 4 nitrogen and oxygen atoms in total. The molecule has 0 unspecified atom stereocenters. The molecule has 0 saturated carbocycles. The molecule has 31 heavy (non-hydrogen) atoms. The van der Waals surface area contributed by atoms with Crippen molar-refractivity contribution in [2.75, 3.05) is 29.9 Å². The van der Waals surface area contributed by atoms with Crippen molar-refractivity contribution in [1.29, 1.82) is 0 Å². The number of aliphatic imine (C=N–C) groups is 1. The Labute approximate surface area is 187 Å². The van der Waals surface area contributed by atoms with Crippen molar-refractivity contribution in [2.24, 2.45) is 4.99 Å². The minimum atomic E-state index is 0.615. The summed E-state index contributed by atoms with van der Waals surface area (Å²) in [6.07, 6.45) is 8.30. The van der Waals surface area contributed by atoms with Crippen LogP contribution in [0, 0.1) is 0 Å². The summed E-state index contributed by atoms with van der Waals surface area (Å²) in [5.41, 5.74) is 5.85. The Kier molecular flexibility index (Phi) is 8.34. The van der Waals surface area contributed by atoms with Gasteiger partial charge in [-0.25, -0.2) is 4.99 Å². The molecule has 1 heterocycles. The summed E-state index contributed by atoms with van der Waals surface area (Å²) in [6, 6.07) is 14.9. The number of allylic oxidation sites excluding steroid dienone is 2. The number of anilines is 2. The Balaban J connectivity index is 1.57. The molecular formula is C27H35N3O. The molecule has 0 aromatic heterocycles. The number of nitrogens with one attached hydrogen (secondary N) is 1. The molecule has 1 aliphatic heterocycles. The van der Waals surface area contributed by atoms with E-state index in [0.717, 1.165) is 68.0 Å². The summed E-state index contributed by atoms with van der Waals surface area (Å²) in [7, 11) is 0. The van der Waals surface area contributed by atoms with E-state index in [1.807, 2.05) is 6.08 Å². The van der Waals surface area contributed by atoms with Crippen LogP contribution in [0.15, 0.2) is 65.9 Å². The van der Waals surface area contributed by atoms with Crippen LogP contribution < -0.4 is 15.0 Å². The topological polar surface area (TPSA) is 36.9 Å². The third kappa shape index (κ3) is 6.48. The maximum atomic E-state index is 5.79. The molecule has 164 valence electrons. The van der Waals surface area contributed by atoms with Crippen LogP contribution in [0.25, 0.3) is 5.57 Å². The molecule has 0 aliphatic carbocycles. The molecule has 1 N–H and O–H groups in total. The maximum Gasteiger partial charge on any atom is 0.123 e. The van der Waals surface area contributed by atoms with Gasteiger partial charge in [0.1, 0.15) is 11.6 Å². The van der Waals surface area contributed by atoms with Crippen molar-refractivity contribution < 1.29 is 4.74 Å². The van der Waals surface area contributed by atoms with Gasteiger partial charge in [-0.2, -0.15) is 0 Å². The van der Waals surface area contributed by atoms with Gasteiger partial charge in [0.2, 0.25) is 0 Å². The number of fused-ring (bicyclic) bond motifs is 1. The molecule has 2 aromatic rings. The number of ether oxygens (including phenoxy) is 1. The lowest BCUT2D eigenvalue weighted by Crippen LogP contribution is -2.24. The van der Waals surface area contributed by atoms with E-state index in [9.17, 15) is 0 Å². The van der Waals surface area contributed by atoms with Crippen molar-refractivity contribution in [3.63, 3.8) is 0 Å². The molecule has 0 spiro atoms. The van der Waals surface area contributed by atoms with Gasteiger partial charge in [0, 0.05) is 30.7 Å². The second-order valence-electron chi connectivity index (χ2n) is 8.01. The van der Waals surface area contributed by atoms with Crippen LogP contribution in [0.4, 0.5) is 11.4 Å². The number of hydrogen-bond donors (Lipinski definition) is 1. The minimum Gasteiger partial charge on any atom is -0.493 e. The summed E-state index contributed by atoms with van der Waals surface area (Å²) in [4.78, 5) is 6.87. The quantitative estimate of drug-likeness (QED) is 0.437. The Bertz CT molecular complexity index is 922. The molecule has 0 radical (unpaired) electrons. The maximum absolute atomic E-state index is 5.79. The van der Waals surface area contributed by atoms with Gasteiger partial charge in [-0.3, -0.25) is 0 Å². The van der Waals surface area contributed by atoms with Crippen LogP contribution in [-0.2, 0) is 6.42 Å². The van der Waals surface area contributed by atoms with Crippen molar-refractivity contribution in [3.8, 4) is 5.75 Å². The number of benzene rings is 2. The molecule has 0 fully saturated rings. The largest absolute Gasteiger partial charge is 0.493 e. The SMILES string of the molecule is C=C(/N=C\C=C(/C)c1ccc2c(c1)OCCC2)Nc1ccc(N(CCC)CCC)cc1. The van der Waals surface area contributed by atoms with Gasteiger partial charge >= 0.3 is 0 Å². The molecule has 3 rings (SSSR count). The molecule has 0 amide bonds. The second-order valence-corrected chi connectivity index (χ2v) is 8.01. The van der Waals surface area contributed by atoms with E-state index < -0.39 is 0 Å². The molecule has 2 aromatic carbocycles. The van der Waals surface area contributed by atoms with E-state index >= 15 is 0 Å². The zero-order valence-corrected chi connectivity index (χ0v) is 19.2. The molecule has 0 saturated heterocycles. The van der Waals surface area contributed by atoms with Crippen LogP contribution in [0.3, 0.4) is 0 Å². The fourth-order valence-corrected chi connectivity index (χ4v) is 3.79. The first-order valence-corrected chi connectivity index (χ1v) is 11.4. The fraction of sp³-hybridized carbons (Fsp3) is 0.370. The minimum absolute atomic E-state index is 0.615. The van der Waals surface area contributed by atoms with Gasteiger partial charge in [0.05, 0.1) is 6.61 Å². The second kappa shape index (κ2) is 11.4. The average molecular weight is 418 g/mol. The summed E-state index contributed by atoms with van der Waals surface area (Å²) in [6.45, 7) is 13.5. The zero-order chi connectivity index (χ0) is 22.1. The summed E-state index contributed by atoms with van der Waals surface area (Å²) in [5, 5.41) is 3.27. The van der Waals surface area contributed by atoms with Crippen LogP contribution in [0.5, 0.6) is 5.75 Å². The van der Waals surface area contributed by atoms with Gasteiger partial charge in [0.15, 0.2) is 0 Å². The van der Waals surface area contributed by atoms with E-state index in [1.165, 1.54) is 11.3 Å². The normalized spacial score (nSPS) is 13.6. The molecule has 4 heteroatoms. The first-order valence-electron chi connectivity index (χ1n) is 11.4. The van der Waals surface area contributed by atoms with Crippen LogP contribution >= 0.6 is 0 Å². The Hall–Kier alpha value is -3.01. The predicted molar refractivity (Wildman–Crippen MR) is 134 cm³/mol. The van der Waals surface area contributed by atoms with Crippen LogP contribution in [-0.4, -0.2) is 25.9 Å². The van der Waals surface area contributed by atoms with E-state index in [2.05, 4.69) is 85.0 Å². The van der Waals surface area contributed by atoms with Crippen molar-refractivity contribution in [3.05, 3.63) is 72.1 Å². The number of hydrogen-bond acceptors (Lipinski definition) is 4. The van der Waals surface area contributed by atoms with Crippen LogP contribution in [0.1, 0.15) is 51.2 Å². The van der Waals surface area contributed by atoms with Gasteiger partial charge in [-0.1, -0.05) is 32.6 Å². The molecule has 1 aliphatic rings. The summed E-state index contributed by atoms with van der Waals surface area (Å²) >= 11 is 0. The van der Waals surface area contributed by atoms with Crippen molar-refractivity contribution in [1.82, 2.24) is 0 Å². The number of rotatable bonds is 10. The fourth-order valence-electron chi connectivity index (χ4n) is 3.79. The first-order chi connectivity index (χ1) is 15.1. The van der Waals surface area contributed by atoms with Gasteiger partial charge in [-0.15, -0.1) is 0 Å². The lowest BCUT2D eigenvalue weighted by molar-refractivity contribution is 0.288. The van der Waals surface area contributed by atoms with Gasteiger partial charge in [0.25, 0.3) is 0 Å². The highest BCUT2D eigenvalue weighted by Gasteiger charge is 2.10. The predicted octanol–water partition coefficient (Wildman–Crippen LogP) is 6.70. The number of nitrogens with zero attached hydrogens (tertiary/aromatic N) is 2. The van der Waals surface area contributed by atoms with E-state index in [-0.39, 0.29) is 0 Å². The van der Waals surface area contributed by atoms with Crippen molar-refractivity contribution in [2.45, 2.75) is 46.5 Å². The molecule has 0 atom stereocenters. The highest BCUT2D eigenvalue weighted by atomic mass is 16.5. The third-order valence-corrected chi connectivity index (χ3v) is 5.43.